The number of benzene rings is 1. The van der Waals surface area contributed by atoms with Gasteiger partial charge in [-0.3, -0.25) is 4.79 Å². The molecule has 1 saturated heterocycles. The molecule has 1 amide bonds. The standard InChI is InChI=1S/C17H23ClN2O2/c18-14-5-3-12(4-6-14)7-8-20(11-13-1-2-13)17(22)16-9-15(21)10-19-16/h3-6,13,15-16,19,21H,1-2,7-11H2. The molecular weight excluding hydrogens is 300 g/mol. The minimum absolute atomic E-state index is 0.136. The predicted octanol–water partition coefficient (Wildman–Crippen LogP) is 1.84. The fraction of sp³-hybridized carbons (Fsp3) is 0.588. The number of aliphatic hydroxyl groups excluding tert-OH is 1. The van der Waals surface area contributed by atoms with Crippen molar-refractivity contribution in [2.24, 2.45) is 5.92 Å². The van der Waals surface area contributed by atoms with Gasteiger partial charge in [-0.2, -0.15) is 0 Å². The normalized spacial score (nSPS) is 24.5. The summed E-state index contributed by atoms with van der Waals surface area (Å²) in [4.78, 5) is 14.6. The lowest BCUT2D eigenvalue weighted by molar-refractivity contribution is -0.133. The van der Waals surface area contributed by atoms with E-state index < -0.39 is 6.10 Å². The molecule has 1 aromatic rings. The molecule has 3 rings (SSSR count). The summed E-state index contributed by atoms with van der Waals surface area (Å²) in [6.45, 7) is 2.09. The van der Waals surface area contributed by atoms with Crippen LogP contribution in [0.15, 0.2) is 24.3 Å². The Balaban J connectivity index is 1.59. The number of hydrogen-bond donors (Lipinski definition) is 2. The molecule has 0 spiro atoms. The Bertz CT molecular complexity index is 516. The number of nitrogens with one attached hydrogen (secondary N) is 1. The molecule has 1 saturated carbocycles. The van der Waals surface area contributed by atoms with Gasteiger partial charge in [-0.25, -0.2) is 0 Å². The smallest absolute Gasteiger partial charge is 0.239 e. The first kappa shape index (κ1) is 15.8. The van der Waals surface area contributed by atoms with Crippen molar-refractivity contribution in [2.45, 2.75) is 37.8 Å². The molecule has 2 fully saturated rings. The van der Waals surface area contributed by atoms with E-state index in [2.05, 4.69) is 5.32 Å². The monoisotopic (exact) mass is 322 g/mol. The summed E-state index contributed by atoms with van der Waals surface area (Å²) in [6.07, 6.45) is 3.43. The Labute approximate surface area is 136 Å². The molecule has 1 aliphatic carbocycles. The summed E-state index contributed by atoms with van der Waals surface area (Å²) >= 11 is 5.91. The van der Waals surface area contributed by atoms with Crippen LogP contribution >= 0.6 is 11.6 Å². The second-order valence-corrected chi connectivity index (χ2v) is 6.89. The van der Waals surface area contributed by atoms with Crippen molar-refractivity contribution in [1.29, 1.82) is 0 Å². The van der Waals surface area contributed by atoms with Gasteiger partial charge in [-0.15, -0.1) is 0 Å². The third-order valence-electron chi connectivity index (χ3n) is 4.48. The number of hydrogen-bond acceptors (Lipinski definition) is 3. The summed E-state index contributed by atoms with van der Waals surface area (Å²) in [5.41, 5.74) is 1.19. The molecule has 2 N–H and O–H groups in total. The molecule has 120 valence electrons. The van der Waals surface area contributed by atoms with Crippen LogP contribution in [-0.4, -0.2) is 47.7 Å². The number of nitrogens with zero attached hydrogens (tertiary/aromatic N) is 1. The topological polar surface area (TPSA) is 52.6 Å². The average molecular weight is 323 g/mol. The zero-order valence-corrected chi connectivity index (χ0v) is 13.4. The zero-order chi connectivity index (χ0) is 15.5. The van der Waals surface area contributed by atoms with E-state index in [9.17, 15) is 9.90 Å². The molecule has 1 aliphatic heterocycles. The van der Waals surface area contributed by atoms with Crippen molar-refractivity contribution in [3.63, 3.8) is 0 Å². The van der Waals surface area contributed by atoms with Gasteiger partial charge in [0.05, 0.1) is 12.1 Å². The fourth-order valence-corrected chi connectivity index (χ4v) is 3.07. The lowest BCUT2D eigenvalue weighted by Crippen LogP contribution is -2.45. The number of β-amino-alcohol motifs (C(OH)–C–C–N with tert-alkyl or cyclic N) is 1. The van der Waals surface area contributed by atoms with Crippen molar-refractivity contribution in [1.82, 2.24) is 10.2 Å². The van der Waals surface area contributed by atoms with Gasteiger partial charge in [0.2, 0.25) is 5.91 Å². The number of amides is 1. The minimum Gasteiger partial charge on any atom is -0.392 e. The van der Waals surface area contributed by atoms with E-state index in [1.165, 1.54) is 18.4 Å². The molecule has 0 bridgehead atoms. The maximum atomic E-state index is 12.7. The maximum absolute atomic E-state index is 12.7. The minimum atomic E-state index is -0.395. The molecule has 1 heterocycles. The Hall–Kier alpha value is -1.10. The van der Waals surface area contributed by atoms with Gasteiger partial charge in [0.15, 0.2) is 0 Å². The number of halogens is 1. The largest absolute Gasteiger partial charge is 0.392 e. The maximum Gasteiger partial charge on any atom is 0.239 e. The lowest BCUT2D eigenvalue weighted by atomic mass is 10.1. The predicted molar refractivity (Wildman–Crippen MR) is 86.9 cm³/mol. The van der Waals surface area contributed by atoms with Crippen LogP contribution in [0.25, 0.3) is 0 Å². The van der Waals surface area contributed by atoms with E-state index >= 15 is 0 Å². The van der Waals surface area contributed by atoms with Gasteiger partial charge in [-0.1, -0.05) is 23.7 Å². The molecule has 22 heavy (non-hydrogen) atoms. The highest BCUT2D eigenvalue weighted by atomic mass is 35.5. The van der Waals surface area contributed by atoms with Gasteiger partial charge in [-0.05, 0) is 49.3 Å². The Kier molecular flexibility index (Phi) is 5.01. The van der Waals surface area contributed by atoms with E-state index in [0.29, 0.717) is 18.9 Å². The number of rotatable bonds is 6. The van der Waals surface area contributed by atoms with Crippen LogP contribution in [-0.2, 0) is 11.2 Å². The van der Waals surface area contributed by atoms with E-state index in [4.69, 9.17) is 11.6 Å². The van der Waals surface area contributed by atoms with Gasteiger partial charge in [0.1, 0.15) is 0 Å². The van der Waals surface area contributed by atoms with Crippen molar-refractivity contribution < 1.29 is 9.90 Å². The number of carbonyl (C=O) groups is 1. The highest BCUT2D eigenvalue weighted by molar-refractivity contribution is 6.30. The first-order valence-corrected chi connectivity index (χ1v) is 8.44. The summed E-state index contributed by atoms with van der Waals surface area (Å²) in [6, 6.07) is 7.58. The highest BCUT2D eigenvalue weighted by Gasteiger charge is 2.33. The van der Waals surface area contributed by atoms with Gasteiger partial charge in [0.25, 0.3) is 0 Å². The van der Waals surface area contributed by atoms with Gasteiger partial charge < -0.3 is 15.3 Å². The van der Waals surface area contributed by atoms with E-state index in [0.717, 1.165) is 24.5 Å². The summed E-state index contributed by atoms with van der Waals surface area (Å²) in [5, 5.41) is 13.5. The molecule has 1 aromatic carbocycles. The Morgan fingerprint density at radius 2 is 2.05 bits per heavy atom. The fourth-order valence-electron chi connectivity index (χ4n) is 2.94. The quantitative estimate of drug-likeness (QED) is 0.840. The van der Waals surface area contributed by atoms with Crippen molar-refractivity contribution in [3.8, 4) is 0 Å². The molecule has 4 nitrogen and oxygen atoms in total. The third-order valence-corrected chi connectivity index (χ3v) is 4.73. The van der Waals surface area contributed by atoms with E-state index in [-0.39, 0.29) is 11.9 Å². The Morgan fingerprint density at radius 3 is 2.64 bits per heavy atom. The van der Waals surface area contributed by atoms with Gasteiger partial charge >= 0.3 is 0 Å². The highest BCUT2D eigenvalue weighted by Crippen LogP contribution is 2.30. The average Bonchev–Trinajstić information content (AvgIpc) is 3.23. The van der Waals surface area contributed by atoms with Crippen molar-refractivity contribution in [3.05, 3.63) is 34.9 Å². The first-order chi connectivity index (χ1) is 10.6. The zero-order valence-electron chi connectivity index (χ0n) is 12.7. The SMILES string of the molecule is O=C(C1CC(O)CN1)N(CCc1ccc(Cl)cc1)CC1CC1. The molecule has 2 atom stereocenters. The molecular formula is C17H23ClN2O2. The summed E-state index contributed by atoms with van der Waals surface area (Å²) < 4.78 is 0. The van der Waals surface area contributed by atoms with Crippen LogP contribution < -0.4 is 5.32 Å². The number of carbonyl (C=O) groups excluding carboxylic acids is 1. The second kappa shape index (κ2) is 6.99. The Morgan fingerprint density at radius 1 is 1.32 bits per heavy atom. The number of aliphatic hydroxyl groups is 1. The summed E-state index contributed by atoms with van der Waals surface area (Å²) in [5.74, 6) is 0.804. The van der Waals surface area contributed by atoms with Crippen LogP contribution in [0.1, 0.15) is 24.8 Å². The van der Waals surface area contributed by atoms with Crippen LogP contribution in [0, 0.1) is 5.92 Å². The molecule has 5 heteroatoms. The molecule has 2 unspecified atom stereocenters. The van der Waals surface area contributed by atoms with Crippen molar-refractivity contribution >= 4 is 17.5 Å². The van der Waals surface area contributed by atoms with E-state index in [1.54, 1.807) is 0 Å². The second-order valence-electron chi connectivity index (χ2n) is 6.45. The summed E-state index contributed by atoms with van der Waals surface area (Å²) in [7, 11) is 0. The first-order valence-electron chi connectivity index (χ1n) is 8.06. The molecule has 0 radical (unpaired) electrons. The van der Waals surface area contributed by atoms with Crippen molar-refractivity contribution in [2.75, 3.05) is 19.6 Å². The van der Waals surface area contributed by atoms with Crippen LogP contribution in [0.5, 0.6) is 0 Å². The van der Waals surface area contributed by atoms with Crippen LogP contribution in [0.4, 0.5) is 0 Å². The lowest BCUT2D eigenvalue weighted by Gasteiger charge is -2.26. The third kappa shape index (κ3) is 4.22. The molecule has 2 aliphatic rings. The van der Waals surface area contributed by atoms with Crippen LogP contribution in [0.3, 0.4) is 0 Å². The van der Waals surface area contributed by atoms with Crippen LogP contribution in [0.2, 0.25) is 5.02 Å². The van der Waals surface area contributed by atoms with Gasteiger partial charge in [0, 0.05) is 24.7 Å². The molecule has 0 aromatic heterocycles. The van der Waals surface area contributed by atoms with E-state index in [1.807, 2.05) is 29.2 Å².